The molecule has 0 atom stereocenters. The third kappa shape index (κ3) is 4.46. The molecule has 1 heterocycles. The molecule has 0 unspecified atom stereocenters. The number of benzene rings is 3. The highest BCUT2D eigenvalue weighted by atomic mass is 32.1. The fraction of sp³-hybridized carbons (Fsp3) is 0.167. The van der Waals surface area contributed by atoms with Crippen LogP contribution >= 0.6 is 11.3 Å². The first-order valence-corrected chi connectivity index (χ1v) is 10.4. The average Bonchev–Trinajstić information content (AvgIpc) is 3.18. The first kappa shape index (κ1) is 19.2. The van der Waals surface area contributed by atoms with Gasteiger partial charge in [-0.1, -0.05) is 31.2 Å². The number of hydrogen-bond donors (Lipinski definition) is 1. The molecule has 0 aliphatic heterocycles. The molecule has 0 saturated heterocycles. The van der Waals surface area contributed by atoms with Crippen LogP contribution in [0.5, 0.6) is 5.75 Å². The molecular formula is C24H22N2O2S. The highest BCUT2D eigenvalue weighted by Crippen LogP contribution is 2.31. The molecule has 0 fully saturated rings. The Kier molecular flexibility index (Phi) is 5.58. The van der Waals surface area contributed by atoms with E-state index in [1.165, 1.54) is 10.3 Å². The quantitative estimate of drug-likeness (QED) is 0.440. The summed E-state index contributed by atoms with van der Waals surface area (Å²) in [7, 11) is 0. The second-order valence-corrected chi connectivity index (χ2v) is 7.88. The van der Waals surface area contributed by atoms with Crippen LogP contribution in [0.15, 0.2) is 66.7 Å². The van der Waals surface area contributed by atoms with Gasteiger partial charge in [0, 0.05) is 11.3 Å². The van der Waals surface area contributed by atoms with Crippen LogP contribution in [0.3, 0.4) is 0 Å². The molecule has 4 nitrogen and oxygen atoms in total. The summed E-state index contributed by atoms with van der Waals surface area (Å²) in [5, 5.41) is 3.91. The molecule has 5 heteroatoms. The highest BCUT2D eigenvalue weighted by Gasteiger charge is 2.10. The van der Waals surface area contributed by atoms with Gasteiger partial charge in [0.2, 0.25) is 0 Å². The van der Waals surface area contributed by atoms with Crippen molar-refractivity contribution in [3.8, 4) is 16.3 Å². The lowest BCUT2D eigenvalue weighted by Crippen LogP contribution is -2.20. The van der Waals surface area contributed by atoms with Crippen molar-refractivity contribution in [3.63, 3.8) is 0 Å². The lowest BCUT2D eigenvalue weighted by atomic mass is 10.1. The third-order valence-electron chi connectivity index (χ3n) is 4.74. The van der Waals surface area contributed by atoms with Gasteiger partial charge in [-0.3, -0.25) is 4.79 Å². The van der Waals surface area contributed by atoms with Crippen molar-refractivity contribution in [3.05, 3.63) is 77.9 Å². The van der Waals surface area contributed by atoms with Crippen LogP contribution in [-0.4, -0.2) is 17.5 Å². The van der Waals surface area contributed by atoms with E-state index in [1.54, 1.807) is 11.3 Å². The van der Waals surface area contributed by atoms with E-state index in [2.05, 4.69) is 24.4 Å². The molecule has 4 aromatic rings. The van der Waals surface area contributed by atoms with Crippen LogP contribution in [0.2, 0.25) is 0 Å². The number of nitrogens with one attached hydrogen (secondary N) is 1. The van der Waals surface area contributed by atoms with E-state index in [0.29, 0.717) is 5.75 Å². The Morgan fingerprint density at radius 2 is 1.86 bits per heavy atom. The van der Waals surface area contributed by atoms with Crippen molar-refractivity contribution in [2.24, 2.45) is 0 Å². The predicted molar refractivity (Wildman–Crippen MR) is 120 cm³/mol. The van der Waals surface area contributed by atoms with Gasteiger partial charge in [-0.2, -0.15) is 0 Å². The maximum Gasteiger partial charge on any atom is 0.262 e. The number of fused-ring (bicyclic) bond motifs is 1. The zero-order valence-electron chi connectivity index (χ0n) is 16.4. The summed E-state index contributed by atoms with van der Waals surface area (Å²) in [6, 6.07) is 21.9. The number of amides is 1. The van der Waals surface area contributed by atoms with E-state index in [-0.39, 0.29) is 12.5 Å². The van der Waals surface area contributed by atoms with Crippen molar-refractivity contribution < 1.29 is 9.53 Å². The molecule has 0 spiro atoms. The number of aryl methyl sites for hydroxylation is 2. The van der Waals surface area contributed by atoms with E-state index in [0.717, 1.165) is 33.8 Å². The van der Waals surface area contributed by atoms with Gasteiger partial charge in [0.1, 0.15) is 10.8 Å². The Labute approximate surface area is 174 Å². The molecule has 1 N–H and O–H groups in total. The molecule has 0 aliphatic rings. The number of carbonyl (C=O) groups excluding carboxylic acids is 1. The SMILES string of the molecule is CCc1ccc(OCC(=O)Nc2ccc(-c3nc4ccccc4s3)cc2C)cc1. The fourth-order valence-electron chi connectivity index (χ4n) is 3.09. The Morgan fingerprint density at radius 3 is 2.59 bits per heavy atom. The number of thiazole rings is 1. The van der Waals surface area contributed by atoms with E-state index < -0.39 is 0 Å². The minimum absolute atomic E-state index is 0.0233. The minimum Gasteiger partial charge on any atom is -0.484 e. The number of aromatic nitrogens is 1. The molecule has 0 bridgehead atoms. The van der Waals surface area contributed by atoms with Gasteiger partial charge in [-0.15, -0.1) is 11.3 Å². The third-order valence-corrected chi connectivity index (χ3v) is 5.83. The summed E-state index contributed by atoms with van der Waals surface area (Å²) in [6.45, 7) is 4.06. The van der Waals surface area contributed by atoms with Gasteiger partial charge >= 0.3 is 0 Å². The molecule has 146 valence electrons. The zero-order valence-corrected chi connectivity index (χ0v) is 17.3. The van der Waals surface area contributed by atoms with Gasteiger partial charge < -0.3 is 10.1 Å². The Balaban J connectivity index is 1.41. The fourth-order valence-corrected chi connectivity index (χ4v) is 4.05. The molecule has 0 saturated carbocycles. The van der Waals surface area contributed by atoms with Crippen LogP contribution in [0.4, 0.5) is 5.69 Å². The number of ether oxygens (including phenoxy) is 1. The summed E-state index contributed by atoms with van der Waals surface area (Å²) in [5.74, 6) is 0.515. The number of para-hydroxylation sites is 1. The summed E-state index contributed by atoms with van der Waals surface area (Å²) in [4.78, 5) is 17.0. The van der Waals surface area contributed by atoms with Gasteiger partial charge in [-0.25, -0.2) is 4.98 Å². The van der Waals surface area contributed by atoms with Gasteiger partial charge in [0.05, 0.1) is 10.2 Å². The van der Waals surface area contributed by atoms with Crippen molar-refractivity contribution >= 4 is 33.1 Å². The smallest absolute Gasteiger partial charge is 0.262 e. The molecule has 0 radical (unpaired) electrons. The van der Waals surface area contributed by atoms with Crippen molar-refractivity contribution in [2.45, 2.75) is 20.3 Å². The monoisotopic (exact) mass is 402 g/mol. The first-order valence-electron chi connectivity index (χ1n) is 9.60. The highest BCUT2D eigenvalue weighted by molar-refractivity contribution is 7.21. The van der Waals surface area contributed by atoms with Crippen LogP contribution in [0.1, 0.15) is 18.1 Å². The van der Waals surface area contributed by atoms with E-state index in [4.69, 9.17) is 9.72 Å². The number of rotatable bonds is 6. The first-order chi connectivity index (χ1) is 14.1. The lowest BCUT2D eigenvalue weighted by molar-refractivity contribution is -0.118. The maximum absolute atomic E-state index is 12.3. The molecule has 4 rings (SSSR count). The van der Waals surface area contributed by atoms with Crippen molar-refractivity contribution in [1.82, 2.24) is 4.98 Å². The predicted octanol–water partition coefficient (Wildman–Crippen LogP) is 5.85. The topological polar surface area (TPSA) is 51.2 Å². The van der Waals surface area contributed by atoms with Crippen LogP contribution in [0.25, 0.3) is 20.8 Å². The van der Waals surface area contributed by atoms with Crippen LogP contribution in [-0.2, 0) is 11.2 Å². The summed E-state index contributed by atoms with van der Waals surface area (Å²) >= 11 is 1.67. The van der Waals surface area contributed by atoms with Crippen molar-refractivity contribution in [2.75, 3.05) is 11.9 Å². The van der Waals surface area contributed by atoms with Gasteiger partial charge in [0.15, 0.2) is 6.61 Å². The summed E-state index contributed by atoms with van der Waals surface area (Å²) < 4.78 is 6.75. The molecule has 1 amide bonds. The lowest BCUT2D eigenvalue weighted by Gasteiger charge is -2.11. The van der Waals surface area contributed by atoms with E-state index in [1.807, 2.05) is 61.5 Å². The van der Waals surface area contributed by atoms with E-state index >= 15 is 0 Å². The van der Waals surface area contributed by atoms with E-state index in [9.17, 15) is 4.79 Å². The normalized spacial score (nSPS) is 10.8. The molecular weight excluding hydrogens is 380 g/mol. The van der Waals surface area contributed by atoms with Crippen LogP contribution < -0.4 is 10.1 Å². The largest absolute Gasteiger partial charge is 0.484 e. The Morgan fingerprint density at radius 1 is 1.07 bits per heavy atom. The second kappa shape index (κ2) is 8.45. The number of hydrogen-bond acceptors (Lipinski definition) is 4. The zero-order chi connectivity index (χ0) is 20.2. The standard InChI is InChI=1S/C24H22N2O2S/c1-3-17-8-11-19(12-9-17)28-15-23(27)25-20-13-10-18(14-16(20)2)24-26-21-6-4-5-7-22(21)29-24/h4-14H,3,15H2,1-2H3,(H,25,27). The Bertz CT molecular complexity index is 1120. The molecule has 0 aliphatic carbocycles. The summed E-state index contributed by atoms with van der Waals surface area (Å²) in [5.41, 5.74) is 5.07. The summed E-state index contributed by atoms with van der Waals surface area (Å²) in [6.07, 6.45) is 0.979. The molecule has 3 aromatic carbocycles. The second-order valence-electron chi connectivity index (χ2n) is 6.85. The van der Waals surface area contributed by atoms with Crippen LogP contribution in [0, 0.1) is 6.92 Å². The average molecular weight is 403 g/mol. The Hall–Kier alpha value is -3.18. The van der Waals surface area contributed by atoms with Gasteiger partial charge in [-0.05, 0) is 66.9 Å². The molecule has 1 aromatic heterocycles. The number of nitrogens with zero attached hydrogens (tertiary/aromatic N) is 1. The minimum atomic E-state index is -0.180. The van der Waals surface area contributed by atoms with Crippen molar-refractivity contribution in [1.29, 1.82) is 0 Å². The maximum atomic E-state index is 12.3. The molecule has 29 heavy (non-hydrogen) atoms. The number of carbonyl (C=O) groups is 1. The van der Waals surface area contributed by atoms with Gasteiger partial charge in [0.25, 0.3) is 5.91 Å². The number of anilines is 1.